The average Bonchev–Trinajstić information content (AvgIpc) is 3.19. The highest BCUT2D eigenvalue weighted by atomic mass is 35.5. The van der Waals surface area contributed by atoms with E-state index in [1.165, 1.54) is 6.07 Å². The van der Waals surface area contributed by atoms with Gasteiger partial charge in [0.05, 0.1) is 34.0 Å². The van der Waals surface area contributed by atoms with Gasteiger partial charge in [0.15, 0.2) is 6.61 Å². The Morgan fingerprint density at radius 2 is 1.87 bits per heavy atom. The maximum Gasteiger partial charge on any atom is 0.339 e. The van der Waals surface area contributed by atoms with Crippen LogP contribution in [-0.4, -0.2) is 38.2 Å². The van der Waals surface area contributed by atoms with E-state index in [0.29, 0.717) is 28.0 Å². The third kappa shape index (κ3) is 5.34. The van der Waals surface area contributed by atoms with E-state index < -0.39 is 29.3 Å². The highest BCUT2D eigenvalue weighted by Gasteiger charge is 2.17. The maximum atomic E-state index is 12.4. The van der Waals surface area contributed by atoms with Crippen molar-refractivity contribution in [1.29, 1.82) is 0 Å². The second kappa shape index (κ2) is 10.2. The molecule has 3 rings (SSSR count). The van der Waals surface area contributed by atoms with Gasteiger partial charge in [0.1, 0.15) is 5.82 Å². The summed E-state index contributed by atoms with van der Waals surface area (Å²) in [6.07, 6.45) is 1.55. The molecule has 1 amide bonds. The van der Waals surface area contributed by atoms with Crippen LogP contribution in [0.1, 0.15) is 22.8 Å². The molecule has 0 aliphatic heterocycles. The van der Waals surface area contributed by atoms with Crippen LogP contribution in [0, 0.1) is 0 Å². The van der Waals surface area contributed by atoms with Crippen molar-refractivity contribution in [3.63, 3.8) is 0 Å². The molecule has 0 spiro atoms. The topological polar surface area (TPSA) is 90.3 Å². The largest absolute Gasteiger partial charge is 0.452 e. The van der Waals surface area contributed by atoms with Crippen molar-refractivity contribution in [2.75, 3.05) is 17.7 Å². The number of nitrogens with one attached hydrogen (secondary N) is 1. The zero-order chi connectivity index (χ0) is 21.5. The highest BCUT2D eigenvalue weighted by molar-refractivity contribution is 7.85. The van der Waals surface area contributed by atoms with Gasteiger partial charge in [-0.15, -0.1) is 0 Å². The first-order chi connectivity index (χ1) is 14.5. The number of anilines is 1. The predicted molar refractivity (Wildman–Crippen MR) is 115 cm³/mol. The van der Waals surface area contributed by atoms with Crippen LogP contribution in [-0.2, 0) is 26.9 Å². The van der Waals surface area contributed by atoms with E-state index in [0.717, 1.165) is 5.56 Å². The minimum absolute atomic E-state index is 0.189. The van der Waals surface area contributed by atoms with Crippen LogP contribution in [0.15, 0.2) is 65.7 Å². The van der Waals surface area contributed by atoms with Crippen molar-refractivity contribution in [3.8, 4) is 0 Å². The van der Waals surface area contributed by atoms with Crippen molar-refractivity contribution in [2.24, 2.45) is 0 Å². The molecule has 0 unspecified atom stereocenters. The smallest absolute Gasteiger partial charge is 0.339 e. The number of hydrogen-bond donors (Lipinski definition) is 1. The van der Waals surface area contributed by atoms with E-state index in [2.05, 4.69) is 10.4 Å². The van der Waals surface area contributed by atoms with Crippen molar-refractivity contribution < 1.29 is 18.5 Å². The Labute approximate surface area is 181 Å². The lowest BCUT2D eigenvalue weighted by atomic mass is 10.2. The van der Waals surface area contributed by atoms with Crippen LogP contribution in [0.25, 0.3) is 0 Å². The molecule has 1 heterocycles. The lowest BCUT2D eigenvalue weighted by Gasteiger charge is -2.11. The summed E-state index contributed by atoms with van der Waals surface area (Å²) in [6, 6.07) is 15.5. The molecule has 1 N–H and O–H groups in total. The molecule has 7 nitrogen and oxygen atoms in total. The molecular formula is C21H20ClN3O4S. The first-order valence-electron chi connectivity index (χ1n) is 9.19. The Bertz CT molecular complexity index is 1080. The molecule has 3 aromatic rings. The monoisotopic (exact) mass is 445 g/mol. The van der Waals surface area contributed by atoms with Gasteiger partial charge < -0.3 is 10.1 Å². The Balaban J connectivity index is 1.61. The first kappa shape index (κ1) is 21.7. The molecule has 0 saturated heterocycles. The molecule has 0 aliphatic carbocycles. The fraction of sp³-hybridized carbons (Fsp3) is 0.190. The fourth-order valence-electron chi connectivity index (χ4n) is 2.73. The van der Waals surface area contributed by atoms with E-state index in [-0.39, 0.29) is 5.56 Å². The molecule has 2 aromatic carbocycles. The molecule has 0 radical (unpaired) electrons. The fourth-order valence-corrected chi connectivity index (χ4v) is 3.86. The lowest BCUT2D eigenvalue weighted by Crippen LogP contribution is -2.23. The standard InChI is InChI=1S/C21H20ClN3O4S/c1-2-30(28)18-10-6-4-8-16(18)21(27)29-14-20(26)24-19-11-12-23-25(19)13-15-7-3-5-9-17(15)22/h3-12H,2,13-14H2,1H3,(H,24,26)/t30-/m0/s1. The number of carbonyl (C=O) groups is 2. The van der Waals surface area contributed by atoms with Crippen molar-refractivity contribution >= 4 is 40.1 Å². The molecule has 9 heteroatoms. The molecule has 0 saturated carbocycles. The number of ether oxygens (including phenoxy) is 1. The summed E-state index contributed by atoms with van der Waals surface area (Å²) in [5, 5.41) is 7.46. The zero-order valence-electron chi connectivity index (χ0n) is 16.2. The van der Waals surface area contributed by atoms with Gasteiger partial charge in [-0.2, -0.15) is 5.10 Å². The molecule has 1 aromatic heterocycles. The minimum Gasteiger partial charge on any atom is -0.452 e. The number of carbonyl (C=O) groups excluding carboxylic acids is 2. The van der Waals surface area contributed by atoms with Gasteiger partial charge in [-0.3, -0.25) is 9.00 Å². The Morgan fingerprint density at radius 1 is 1.13 bits per heavy atom. The number of esters is 1. The van der Waals surface area contributed by atoms with Crippen LogP contribution in [0.3, 0.4) is 0 Å². The number of amides is 1. The van der Waals surface area contributed by atoms with Gasteiger partial charge in [0.2, 0.25) is 0 Å². The number of halogens is 1. The summed E-state index contributed by atoms with van der Waals surface area (Å²) < 4.78 is 18.8. The second-order valence-electron chi connectivity index (χ2n) is 6.22. The molecule has 30 heavy (non-hydrogen) atoms. The van der Waals surface area contributed by atoms with E-state index >= 15 is 0 Å². The third-order valence-electron chi connectivity index (χ3n) is 4.21. The van der Waals surface area contributed by atoms with Crippen LogP contribution in [0.5, 0.6) is 0 Å². The molecule has 156 valence electrons. The summed E-state index contributed by atoms with van der Waals surface area (Å²) in [5.41, 5.74) is 1.04. The van der Waals surface area contributed by atoms with Gasteiger partial charge in [0, 0.05) is 16.8 Å². The normalized spacial score (nSPS) is 11.7. The molecule has 0 fully saturated rings. The van der Waals surface area contributed by atoms with Gasteiger partial charge >= 0.3 is 5.97 Å². The number of nitrogens with zero attached hydrogens (tertiary/aromatic N) is 2. The van der Waals surface area contributed by atoms with Crippen LogP contribution >= 0.6 is 11.6 Å². The number of aromatic nitrogens is 2. The van der Waals surface area contributed by atoms with E-state index in [1.54, 1.807) is 48.1 Å². The van der Waals surface area contributed by atoms with E-state index in [4.69, 9.17) is 16.3 Å². The molecular weight excluding hydrogens is 426 g/mol. The summed E-state index contributed by atoms with van der Waals surface area (Å²) in [6.45, 7) is 1.65. The van der Waals surface area contributed by atoms with E-state index in [1.807, 2.05) is 18.2 Å². The summed E-state index contributed by atoms with van der Waals surface area (Å²) in [5.74, 6) is -0.394. The quantitative estimate of drug-likeness (QED) is 0.536. The minimum atomic E-state index is -1.31. The average molecular weight is 446 g/mol. The third-order valence-corrected chi connectivity index (χ3v) is 5.95. The van der Waals surface area contributed by atoms with Crippen molar-refractivity contribution in [3.05, 3.63) is 76.9 Å². The Morgan fingerprint density at radius 3 is 2.63 bits per heavy atom. The first-order valence-corrected chi connectivity index (χ1v) is 10.9. The zero-order valence-corrected chi connectivity index (χ0v) is 17.8. The molecule has 0 bridgehead atoms. The van der Waals surface area contributed by atoms with Gasteiger partial charge in [-0.1, -0.05) is 48.9 Å². The maximum absolute atomic E-state index is 12.4. The summed E-state index contributed by atoms with van der Waals surface area (Å²) in [4.78, 5) is 25.0. The highest BCUT2D eigenvalue weighted by Crippen LogP contribution is 2.18. The van der Waals surface area contributed by atoms with Crippen LogP contribution in [0.4, 0.5) is 5.82 Å². The molecule has 1 atom stereocenters. The van der Waals surface area contributed by atoms with Gasteiger partial charge in [-0.25, -0.2) is 9.48 Å². The number of benzene rings is 2. The lowest BCUT2D eigenvalue weighted by molar-refractivity contribution is -0.119. The van der Waals surface area contributed by atoms with Crippen molar-refractivity contribution in [2.45, 2.75) is 18.4 Å². The Kier molecular flexibility index (Phi) is 7.37. The summed E-state index contributed by atoms with van der Waals surface area (Å²) >= 11 is 6.18. The van der Waals surface area contributed by atoms with Crippen molar-refractivity contribution in [1.82, 2.24) is 9.78 Å². The Hall–Kier alpha value is -2.97. The predicted octanol–water partition coefficient (Wildman–Crippen LogP) is 3.51. The SMILES string of the molecule is CC[S@](=O)c1ccccc1C(=O)OCC(=O)Nc1ccnn1Cc1ccccc1Cl. The molecule has 0 aliphatic rings. The number of hydrogen-bond acceptors (Lipinski definition) is 5. The second-order valence-corrected chi connectivity index (χ2v) is 8.34. The van der Waals surface area contributed by atoms with Crippen LogP contribution < -0.4 is 5.32 Å². The van der Waals surface area contributed by atoms with Gasteiger partial charge in [0.25, 0.3) is 5.91 Å². The van der Waals surface area contributed by atoms with Crippen LogP contribution in [0.2, 0.25) is 5.02 Å². The summed E-state index contributed by atoms with van der Waals surface area (Å²) in [7, 11) is -1.31. The number of rotatable bonds is 8. The van der Waals surface area contributed by atoms with Gasteiger partial charge in [-0.05, 0) is 23.8 Å². The van der Waals surface area contributed by atoms with E-state index in [9.17, 15) is 13.8 Å².